The fourth-order valence-corrected chi connectivity index (χ4v) is 4.72. The molecule has 0 bridgehead atoms. The molecule has 1 unspecified atom stereocenters. The van der Waals surface area contributed by atoms with E-state index in [1.807, 2.05) is 6.07 Å². The van der Waals surface area contributed by atoms with Gasteiger partial charge in [-0.05, 0) is 66.0 Å². The molecule has 4 nitrogen and oxygen atoms in total. The molecule has 2 aliphatic rings. The van der Waals surface area contributed by atoms with Crippen LogP contribution in [-0.2, 0) is 17.6 Å². The Balaban J connectivity index is 1.33. The fraction of sp³-hybridized carbons (Fsp3) is 0.480. The highest BCUT2D eigenvalue weighted by Crippen LogP contribution is 2.32. The van der Waals surface area contributed by atoms with Crippen LogP contribution in [0, 0.1) is 5.92 Å². The molecule has 1 fully saturated rings. The summed E-state index contributed by atoms with van der Waals surface area (Å²) in [5.41, 5.74) is 11.4. The van der Waals surface area contributed by atoms with Crippen molar-refractivity contribution in [3.05, 3.63) is 64.7 Å². The number of carbonyl (C=O) groups is 1. The van der Waals surface area contributed by atoms with E-state index in [-0.39, 0.29) is 18.6 Å². The number of ether oxygens (including phenoxy) is 1. The predicted octanol–water partition coefficient (Wildman–Crippen LogP) is 4.30. The summed E-state index contributed by atoms with van der Waals surface area (Å²) in [6.45, 7) is 0.845. The molecule has 0 aromatic heterocycles. The van der Waals surface area contributed by atoms with Crippen LogP contribution < -0.4 is 15.8 Å². The van der Waals surface area contributed by atoms with E-state index in [4.69, 9.17) is 10.5 Å². The molecule has 4 rings (SSSR count). The van der Waals surface area contributed by atoms with Crippen molar-refractivity contribution in [1.29, 1.82) is 0 Å². The Morgan fingerprint density at radius 2 is 1.69 bits per heavy atom. The van der Waals surface area contributed by atoms with Crippen molar-refractivity contribution in [2.45, 2.75) is 57.4 Å². The van der Waals surface area contributed by atoms with E-state index in [2.05, 4.69) is 41.7 Å². The largest absolute Gasteiger partial charge is 0.484 e. The number of hydrogen-bond donors (Lipinski definition) is 2. The van der Waals surface area contributed by atoms with Gasteiger partial charge in [-0.2, -0.15) is 0 Å². The highest BCUT2D eigenvalue weighted by atomic mass is 16.5. The zero-order chi connectivity index (χ0) is 20.1. The van der Waals surface area contributed by atoms with Gasteiger partial charge in [0.15, 0.2) is 6.61 Å². The lowest BCUT2D eigenvalue weighted by atomic mass is 9.95. The molecule has 1 amide bonds. The van der Waals surface area contributed by atoms with Crippen LogP contribution >= 0.6 is 0 Å². The SMILES string of the molecule is NC1c2ccccc2CCc2cc(OCC(=O)NCC3CCCCCC3)ccc21. The number of aryl methyl sites for hydroxylation is 2. The second-order valence-corrected chi connectivity index (χ2v) is 8.49. The molecular weight excluding hydrogens is 360 g/mol. The minimum atomic E-state index is -0.111. The molecule has 29 heavy (non-hydrogen) atoms. The summed E-state index contributed by atoms with van der Waals surface area (Å²) in [4.78, 5) is 12.2. The molecule has 3 N–H and O–H groups in total. The van der Waals surface area contributed by atoms with Crippen LogP contribution in [-0.4, -0.2) is 19.1 Å². The number of nitrogens with one attached hydrogen (secondary N) is 1. The Morgan fingerprint density at radius 3 is 2.52 bits per heavy atom. The van der Waals surface area contributed by atoms with Crippen LogP contribution in [0.2, 0.25) is 0 Å². The second kappa shape index (κ2) is 9.45. The van der Waals surface area contributed by atoms with Crippen LogP contribution in [0.15, 0.2) is 42.5 Å². The van der Waals surface area contributed by atoms with E-state index in [9.17, 15) is 4.79 Å². The summed E-state index contributed by atoms with van der Waals surface area (Å²) in [5.74, 6) is 1.33. The van der Waals surface area contributed by atoms with E-state index in [1.54, 1.807) is 0 Å². The molecule has 0 saturated heterocycles. The molecule has 1 atom stereocenters. The van der Waals surface area contributed by atoms with Gasteiger partial charge in [-0.15, -0.1) is 0 Å². The number of rotatable bonds is 5. The zero-order valence-electron chi connectivity index (χ0n) is 17.2. The van der Waals surface area contributed by atoms with Gasteiger partial charge in [0.25, 0.3) is 5.91 Å². The maximum atomic E-state index is 12.2. The molecule has 1 saturated carbocycles. The molecular formula is C25H32N2O2. The van der Waals surface area contributed by atoms with E-state index in [1.165, 1.54) is 55.2 Å². The summed E-state index contributed by atoms with van der Waals surface area (Å²) in [6, 6.07) is 14.3. The van der Waals surface area contributed by atoms with Crippen molar-refractivity contribution in [3.8, 4) is 5.75 Å². The smallest absolute Gasteiger partial charge is 0.257 e. The van der Waals surface area contributed by atoms with Crippen molar-refractivity contribution in [3.63, 3.8) is 0 Å². The van der Waals surface area contributed by atoms with Gasteiger partial charge in [-0.25, -0.2) is 0 Å². The van der Waals surface area contributed by atoms with Crippen LogP contribution in [0.25, 0.3) is 0 Å². The average molecular weight is 393 g/mol. The summed E-state index contributed by atoms with van der Waals surface area (Å²) < 4.78 is 5.80. The van der Waals surface area contributed by atoms with Crippen LogP contribution in [0.5, 0.6) is 5.75 Å². The third kappa shape index (κ3) is 4.99. The molecule has 2 aliphatic carbocycles. The summed E-state index contributed by atoms with van der Waals surface area (Å²) in [7, 11) is 0. The first-order valence-corrected chi connectivity index (χ1v) is 11.1. The number of amides is 1. The minimum Gasteiger partial charge on any atom is -0.484 e. The Morgan fingerprint density at radius 1 is 0.966 bits per heavy atom. The first-order valence-electron chi connectivity index (χ1n) is 11.1. The first-order chi connectivity index (χ1) is 14.2. The van der Waals surface area contributed by atoms with Crippen LogP contribution in [0.3, 0.4) is 0 Å². The normalized spacial score (nSPS) is 19.4. The standard InChI is InChI=1S/C25H32N2O2/c26-25-22-10-6-5-9-19(22)11-12-20-15-21(13-14-23(20)25)29-17-24(28)27-16-18-7-3-1-2-4-8-18/h5-6,9-10,13-15,18,25H,1-4,7-8,11-12,16-17,26H2,(H,27,28). The van der Waals surface area contributed by atoms with Gasteiger partial charge in [-0.1, -0.05) is 56.0 Å². The highest BCUT2D eigenvalue weighted by Gasteiger charge is 2.21. The summed E-state index contributed by atoms with van der Waals surface area (Å²) in [5, 5.41) is 3.06. The van der Waals surface area contributed by atoms with Gasteiger partial charge in [0.05, 0.1) is 6.04 Å². The third-order valence-electron chi connectivity index (χ3n) is 6.44. The van der Waals surface area contributed by atoms with Gasteiger partial charge in [0.2, 0.25) is 0 Å². The monoisotopic (exact) mass is 392 g/mol. The number of hydrogen-bond acceptors (Lipinski definition) is 3. The van der Waals surface area contributed by atoms with Crippen molar-refractivity contribution >= 4 is 5.91 Å². The Bertz CT molecular complexity index is 840. The molecule has 0 heterocycles. The zero-order valence-corrected chi connectivity index (χ0v) is 17.2. The predicted molar refractivity (Wildman–Crippen MR) is 116 cm³/mol. The van der Waals surface area contributed by atoms with E-state index in [0.717, 1.165) is 30.7 Å². The van der Waals surface area contributed by atoms with Gasteiger partial charge >= 0.3 is 0 Å². The van der Waals surface area contributed by atoms with Crippen molar-refractivity contribution in [2.75, 3.05) is 13.2 Å². The van der Waals surface area contributed by atoms with Crippen LogP contribution in [0.4, 0.5) is 0 Å². The Hall–Kier alpha value is -2.33. The number of nitrogens with two attached hydrogens (primary N) is 1. The van der Waals surface area contributed by atoms with E-state index >= 15 is 0 Å². The molecule has 4 heteroatoms. The van der Waals surface area contributed by atoms with Crippen molar-refractivity contribution in [2.24, 2.45) is 11.7 Å². The first kappa shape index (κ1) is 20.0. The quantitative estimate of drug-likeness (QED) is 0.746. The molecule has 2 aromatic carbocycles. The minimum absolute atomic E-state index is 0.0340. The molecule has 0 spiro atoms. The molecule has 0 radical (unpaired) electrons. The maximum Gasteiger partial charge on any atom is 0.257 e. The van der Waals surface area contributed by atoms with Gasteiger partial charge in [-0.3, -0.25) is 4.79 Å². The maximum absolute atomic E-state index is 12.2. The van der Waals surface area contributed by atoms with E-state index in [0.29, 0.717) is 5.92 Å². The third-order valence-corrected chi connectivity index (χ3v) is 6.44. The highest BCUT2D eigenvalue weighted by molar-refractivity contribution is 5.77. The second-order valence-electron chi connectivity index (χ2n) is 8.49. The lowest BCUT2D eigenvalue weighted by Gasteiger charge is -2.17. The van der Waals surface area contributed by atoms with Crippen molar-refractivity contribution < 1.29 is 9.53 Å². The molecule has 2 aromatic rings. The average Bonchev–Trinajstić information content (AvgIpc) is 3.09. The van der Waals surface area contributed by atoms with Gasteiger partial charge < -0.3 is 15.8 Å². The Labute approximate surface area is 173 Å². The summed E-state index contributed by atoms with van der Waals surface area (Å²) in [6.07, 6.45) is 9.62. The van der Waals surface area contributed by atoms with Crippen molar-refractivity contribution in [1.82, 2.24) is 5.32 Å². The fourth-order valence-electron chi connectivity index (χ4n) is 4.72. The number of carbonyl (C=O) groups excluding carboxylic acids is 1. The van der Waals surface area contributed by atoms with E-state index < -0.39 is 0 Å². The lowest BCUT2D eigenvalue weighted by molar-refractivity contribution is -0.123. The van der Waals surface area contributed by atoms with Crippen LogP contribution in [0.1, 0.15) is 66.8 Å². The number of benzene rings is 2. The van der Waals surface area contributed by atoms with Gasteiger partial charge in [0, 0.05) is 6.54 Å². The molecule has 154 valence electrons. The Kier molecular flexibility index (Phi) is 6.50. The van der Waals surface area contributed by atoms with Gasteiger partial charge in [0.1, 0.15) is 5.75 Å². The molecule has 0 aliphatic heterocycles. The lowest BCUT2D eigenvalue weighted by Crippen LogP contribution is -2.33. The summed E-state index contributed by atoms with van der Waals surface area (Å²) >= 11 is 0. The number of fused-ring (bicyclic) bond motifs is 2. The topological polar surface area (TPSA) is 64.3 Å².